The standard InChI is InChI=1S/C23H30N4O6S/c1-5-17(2)24-23(29)18(3)25(15-19-10-7-6-8-11-19)22(28)16-26(34(4,32)33)20-12-9-13-21(14-20)27(30)31/h6-14,17-18H,5,15-16H2,1-4H3,(H,24,29)/t17-,18+/m0/s1. The fourth-order valence-electron chi connectivity index (χ4n) is 3.20. The van der Waals surface area contributed by atoms with Crippen LogP contribution in [0.5, 0.6) is 0 Å². The van der Waals surface area contributed by atoms with Crippen molar-refractivity contribution in [2.24, 2.45) is 0 Å². The van der Waals surface area contributed by atoms with Crippen molar-refractivity contribution < 1.29 is 22.9 Å². The van der Waals surface area contributed by atoms with Crippen molar-refractivity contribution in [3.05, 3.63) is 70.3 Å². The fraction of sp³-hybridized carbons (Fsp3) is 0.391. The molecular formula is C23H30N4O6S. The third-order valence-corrected chi connectivity index (χ3v) is 6.51. The number of carbonyl (C=O) groups is 2. The molecule has 0 spiro atoms. The van der Waals surface area contributed by atoms with Gasteiger partial charge >= 0.3 is 0 Å². The zero-order valence-corrected chi connectivity index (χ0v) is 20.5. The lowest BCUT2D eigenvalue weighted by atomic mass is 10.1. The normalized spacial score (nSPS) is 12.9. The Balaban J connectivity index is 2.40. The van der Waals surface area contributed by atoms with Gasteiger partial charge in [0.1, 0.15) is 12.6 Å². The maximum atomic E-state index is 13.4. The maximum Gasteiger partial charge on any atom is 0.271 e. The molecule has 10 nitrogen and oxygen atoms in total. The number of nitro groups is 1. The molecule has 0 aliphatic carbocycles. The molecule has 0 aromatic heterocycles. The zero-order valence-electron chi connectivity index (χ0n) is 19.7. The van der Waals surface area contributed by atoms with E-state index in [9.17, 15) is 28.1 Å². The molecule has 1 N–H and O–H groups in total. The topological polar surface area (TPSA) is 130 Å². The Hall–Kier alpha value is -3.47. The Morgan fingerprint density at radius 3 is 2.29 bits per heavy atom. The summed E-state index contributed by atoms with van der Waals surface area (Å²) >= 11 is 0. The Morgan fingerprint density at radius 2 is 1.74 bits per heavy atom. The third-order valence-electron chi connectivity index (χ3n) is 5.37. The first kappa shape index (κ1) is 26.8. The third kappa shape index (κ3) is 7.27. The summed E-state index contributed by atoms with van der Waals surface area (Å²) in [5.41, 5.74) is 0.447. The molecule has 34 heavy (non-hydrogen) atoms. The molecule has 2 amide bonds. The number of carbonyl (C=O) groups excluding carboxylic acids is 2. The highest BCUT2D eigenvalue weighted by Gasteiger charge is 2.30. The number of non-ortho nitro benzene ring substituents is 1. The quantitative estimate of drug-likeness (QED) is 0.381. The van der Waals surface area contributed by atoms with Gasteiger partial charge < -0.3 is 10.2 Å². The molecule has 2 rings (SSSR count). The average molecular weight is 491 g/mol. The van der Waals surface area contributed by atoms with Crippen LogP contribution in [0.2, 0.25) is 0 Å². The van der Waals surface area contributed by atoms with E-state index in [2.05, 4.69) is 5.32 Å². The highest BCUT2D eigenvalue weighted by molar-refractivity contribution is 7.92. The predicted molar refractivity (Wildman–Crippen MR) is 130 cm³/mol. The van der Waals surface area contributed by atoms with Crippen molar-refractivity contribution in [2.75, 3.05) is 17.1 Å². The lowest BCUT2D eigenvalue weighted by molar-refractivity contribution is -0.384. The number of rotatable bonds is 11. The molecule has 0 unspecified atom stereocenters. The minimum atomic E-state index is -3.97. The monoisotopic (exact) mass is 490 g/mol. The van der Waals surface area contributed by atoms with Gasteiger partial charge in [-0.2, -0.15) is 0 Å². The van der Waals surface area contributed by atoms with Gasteiger partial charge in [0, 0.05) is 24.7 Å². The zero-order chi connectivity index (χ0) is 25.5. The summed E-state index contributed by atoms with van der Waals surface area (Å²) in [4.78, 5) is 38.0. The number of nitrogens with one attached hydrogen (secondary N) is 1. The summed E-state index contributed by atoms with van der Waals surface area (Å²) in [5, 5.41) is 14.0. The van der Waals surface area contributed by atoms with E-state index in [0.717, 1.165) is 22.2 Å². The largest absolute Gasteiger partial charge is 0.352 e. The van der Waals surface area contributed by atoms with E-state index in [0.29, 0.717) is 6.42 Å². The number of nitrogens with zero attached hydrogens (tertiary/aromatic N) is 3. The number of sulfonamides is 1. The van der Waals surface area contributed by atoms with Crippen molar-refractivity contribution in [2.45, 2.75) is 45.8 Å². The van der Waals surface area contributed by atoms with Gasteiger partial charge in [0.2, 0.25) is 21.8 Å². The second-order valence-corrected chi connectivity index (χ2v) is 9.95. The Bertz CT molecular complexity index is 1120. The molecule has 2 aromatic rings. The summed E-state index contributed by atoms with van der Waals surface area (Å²) in [6, 6.07) is 13.1. The van der Waals surface area contributed by atoms with Gasteiger partial charge in [0.05, 0.1) is 16.9 Å². The van der Waals surface area contributed by atoms with Crippen LogP contribution in [0.25, 0.3) is 0 Å². The van der Waals surface area contributed by atoms with Gasteiger partial charge in [-0.05, 0) is 31.9 Å². The van der Waals surface area contributed by atoms with Crippen molar-refractivity contribution in [1.82, 2.24) is 10.2 Å². The molecule has 0 heterocycles. The summed E-state index contributed by atoms with van der Waals surface area (Å²) < 4.78 is 25.9. The van der Waals surface area contributed by atoms with E-state index < -0.39 is 33.4 Å². The van der Waals surface area contributed by atoms with Crippen molar-refractivity contribution in [3.63, 3.8) is 0 Å². The SMILES string of the molecule is CC[C@H](C)NC(=O)[C@@H](C)N(Cc1ccccc1)C(=O)CN(c1cccc([N+](=O)[O-])c1)S(C)(=O)=O. The molecule has 0 fully saturated rings. The highest BCUT2D eigenvalue weighted by Crippen LogP contribution is 2.23. The second-order valence-electron chi connectivity index (χ2n) is 8.05. The molecule has 0 aliphatic rings. The maximum absolute atomic E-state index is 13.4. The fourth-order valence-corrected chi connectivity index (χ4v) is 4.05. The van der Waals surface area contributed by atoms with Crippen LogP contribution in [0.1, 0.15) is 32.8 Å². The number of nitro benzene ring substituents is 1. The summed E-state index contributed by atoms with van der Waals surface area (Å²) in [5.74, 6) is -0.979. The van der Waals surface area contributed by atoms with Gasteiger partial charge in [0.25, 0.3) is 5.69 Å². The Kier molecular flexibility index (Phi) is 9.13. The molecule has 2 aromatic carbocycles. The molecule has 0 saturated heterocycles. The average Bonchev–Trinajstić information content (AvgIpc) is 2.80. The molecule has 2 atom stereocenters. The lowest BCUT2D eigenvalue weighted by Crippen LogP contribution is -2.52. The Morgan fingerprint density at radius 1 is 1.09 bits per heavy atom. The van der Waals surface area contributed by atoms with Crippen LogP contribution in [-0.4, -0.2) is 54.9 Å². The van der Waals surface area contributed by atoms with Gasteiger partial charge in [-0.3, -0.25) is 24.0 Å². The van der Waals surface area contributed by atoms with Crippen LogP contribution in [0, 0.1) is 10.1 Å². The summed E-state index contributed by atoms with van der Waals surface area (Å²) in [6.45, 7) is 4.82. The van der Waals surface area contributed by atoms with Crippen molar-refractivity contribution in [3.8, 4) is 0 Å². The van der Waals surface area contributed by atoms with Crippen LogP contribution >= 0.6 is 0 Å². The lowest BCUT2D eigenvalue weighted by Gasteiger charge is -2.32. The minimum Gasteiger partial charge on any atom is -0.352 e. The van der Waals surface area contributed by atoms with Crippen LogP contribution < -0.4 is 9.62 Å². The molecular weight excluding hydrogens is 460 g/mol. The van der Waals surface area contributed by atoms with Crippen LogP contribution in [-0.2, 0) is 26.2 Å². The molecule has 11 heteroatoms. The number of hydrogen-bond donors (Lipinski definition) is 1. The molecule has 0 radical (unpaired) electrons. The van der Waals surface area contributed by atoms with E-state index in [1.165, 1.54) is 23.1 Å². The first-order chi connectivity index (χ1) is 15.9. The van der Waals surface area contributed by atoms with Crippen molar-refractivity contribution >= 4 is 33.2 Å². The van der Waals surface area contributed by atoms with E-state index in [4.69, 9.17) is 0 Å². The van der Waals surface area contributed by atoms with Crippen LogP contribution in [0.3, 0.4) is 0 Å². The van der Waals surface area contributed by atoms with E-state index in [1.807, 2.05) is 19.9 Å². The van der Waals surface area contributed by atoms with Crippen LogP contribution in [0.15, 0.2) is 54.6 Å². The van der Waals surface area contributed by atoms with Gasteiger partial charge in [0.15, 0.2) is 0 Å². The van der Waals surface area contributed by atoms with Crippen LogP contribution in [0.4, 0.5) is 11.4 Å². The molecule has 0 bridgehead atoms. The Labute approximate surface area is 199 Å². The highest BCUT2D eigenvalue weighted by atomic mass is 32.2. The number of amides is 2. The number of anilines is 1. The minimum absolute atomic E-state index is 0.0126. The molecule has 184 valence electrons. The van der Waals surface area contributed by atoms with E-state index in [1.54, 1.807) is 31.2 Å². The molecule has 0 aliphatic heterocycles. The van der Waals surface area contributed by atoms with Gasteiger partial charge in [-0.25, -0.2) is 8.42 Å². The van der Waals surface area contributed by atoms with E-state index >= 15 is 0 Å². The first-order valence-corrected chi connectivity index (χ1v) is 12.6. The molecule has 0 saturated carbocycles. The van der Waals surface area contributed by atoms with E-state index in [-0.39, 0.29) is 29.9 Å². The second kappa shape index (κ2) is 11.6. The number of hydrogen-bond acceptors (Lipinski definition) is 6. The summed E-state index contributed by atoms with van der Waals surface area (Å²) in [6.07, 6.45) is 1.62. The first-order valence-electron chi connectivity index (χ1n) is 10.8. The summed E-state index contributed by atoms with van der Waals surface area (Å²) in [7, 11) is -3.97. The van der Waals surface area contributed by atoms with Crippen molar-refractivity contribution in [1.29, 1.82) is 0 Å². The smallest absolute Gasteiger partial charge is 0.271 e. The number of benzene rings is 2. The predicted octanol–water partition coefficient (Wildman–Crippen LogP) is 2.69. The van der Waals surface area contributed by atoms with Gasteiger partial charge in [-0.15, -0.1) is 0 Å². The van der Waals surface area contributed by atoms with Gasteiger partial charge in [-0.1, -0.05) is 43.3 Å².